The molecule has 13 N–H and O–H groups in total. The highest BCUT2D eigenvalue weighted by Gasteiger charge is 2.30. The van der Waals surface area contributed by atoms with Crippen molar-refractivity contribution in [3.05, 3.63) is 18.2 Å². The van der Waals surface area contributed by atoms with Crippen LogP contribution < -0.4 is 38.9 Å². The molecule has 4 unspecified atom stereocenters. The Balaban J connectivity index is 2.95. The number of carbonyl (C=O) groups is 4. The van der Waals surface area contributed by atoms with E-state index < -0.39 is 47.9 Å². The first-order chi connectivity index (χ1) is 18.6. The lowest BCUT2D eigenvalue weighted by Gasteiger charge is -2.25. The predicted octanol–water partition coefficient (Wildman–Crippen LogP) is -2.25. The number of H-pyrrole nitrogens is 1. The first kappa shape index (κ1) is 33.7. The average molecular weight is 571 g/mol. The Morgan fingerprint density at radius 3 is 2.26 bits per heavy atom. The van der Waals surface area contributed by atoms with Crippen molar-refractivity contribution in [1.82, 2.24) is 25.9 Å². The number of rotatable bonds is 20. The summed E-state index contributed by atoms with van der Waals surface area (Å²) >= 11 is 1.47. The van der Waals surface area contributed by atoms with E-state index in [9.17, 15) is 24.3 Å². The largest absolute Gasteiger partial charge is 0.480 e. The molecule has 0 bridgehead atoms. The highest BCUT2D eigenvalue weighted by Crippen LogP contribution is 2.07. The maximum atomic E-state index is 13.3. The molecule has 0 aromatic carbocycles. The summed E-state index contributed by atoms with van der Waals surface area (Å²) in [6.45, 7) is 0.715. The van der Waals surface area contributed by atoms with Crippen LogP contribution in [0.4, 0.5) is 0 Å². The summed E-state index contributed by atoms with van der Waals surface area (Å²) in [4.78, 5) is 61.4. The van der Waals surface area contributed by atoms with E-state index in [0.717, 1.165) is 0 Å². The fourth-order valence-electron chi connectivity index (χ4n) is 3.55. The number of imidazole rings is 1. The second kappa shape index (κ2) is 18.8. The van der Waals surface area contributed by atoms with Crippen LogP contribution in [0.25, 0.3) is 0 Å². The number of hydrogen-bond donors (Lipinski definition) is 9. The van der Waals surface area contributed by atoms with Crippen molar-refractivity contribution >= 4 is 41.4 Å². The molecule has 1 aromatic rings. The summed E-state index contributed by atoms with van der Waals surface area (Å²) < 4.78 is 0. The van der Waals surface area contributed by atoms with Crippen LogP contribution in [0.1, 0.15) is 44.2 Å². The van der Waals surface area contributed by atoms with Gasteiger partial charge in [0.25, 0.3) is 0 Å². The summed E-state index contributed by atoms with van der Waals surface area (Å²) in [7, 11) is 0. The van der Waals surface area contributed by atoms with Crippen molar-refractivity contribution in [3.63, 3.8) is 0 Å². The number of aromatic nitrogens is 2. The lowest BCUT2D eigenvalue weighted by Crippen LogP contribution is -2.57. The molecule has 0 aliphatic carbocycles. The third-order valence-electron chi connectivity index (χ3n) is 5.72. The first-order valence-electron chi connectivity index (χ1n) is 12.7. The van der Waals surface area contributed by atoms with Crippen LogP contribution in [0.2, 0.25) is 0 Å². The molecule has 0 aliphatic heterocycles. The average Bonchev–Trinajstić information content (AvgIpc) is 3.40. The van der Waals surface area contributed by atoms with E-state index in [0.29, 0.717) is 43.8 Å². The SMILES string of the molecule is CSCCC(NC(=O)C(Cc1cnc[nH]1)NC(=O)C(N)CCCN=C(N)N)C(=O)NC(CCCCN)C(=O)O. The maximum absolute atomic E-state index is 13.3. The fourth-order valence-corrected chi connectivity index (χ4v) is 4.03. The van der Waals surface area contributed by atoms with Gasteiger partial charge in [0.2, 0.25) is 17.7 Å². The van der Waals surface area contributed by atoms with Gasteiger partial charge in [0, 0.05) is 24.9 Å². The molecule has 3 amide bonds. The number of guanidine groups is 1. The van der Waals surface area contributed by atoms with Crippen LogP contribution in [0.5, 0.6) is 0 Å². The van der Waals surface area contributed by atoms with Gasteiger partial charge < -0.3 is 49.0 Å². The molecule has 0 fully saturated rings. The van der Waals surface area contributed by atoms with Gasteiger partial charge in [0.15, 0.2) is 5.96 Å². The lowest BCUT2D eigenvalue weighted by molar-refractivity contribution is -0.142. The molecule has 15 nitrogen and oxygen atoms in total. The second-order valence-electron chi connectivity index (χ2n) is 8.92. The van der Waals surface area contributed by atoms with Crippen molar-refractivity contribution in [1.29, 1.82) is 0 Å². The van der Waals surface area contributed by atoms with Crippen molar-refractivity contribution in [2.24, 2.45) is 27.9 Å². The number of nitrogens with two attached hydrogens (primary N) is 4. The molecular weight excluding hydrogens is 528 g/mol. The molecule has 1 aromatic heterocycles. The summed E-state index contributed by atoms with van der Waals surface area (Å²) in [5, 5.41) is 17.4. The molecule has 220 valence electrons. The van der Waals surface area contributed by atoms with E-state index >= 15 is 0 Å². The zero-order chi connectivity index (χ0) is 29.2. The molecule has 0 radical (unpaired) electrons. The number of carboxylic acids is 1. The Bertz CT molecular complexity index is 926. The fraction of sp³-hybridized carbons (Fsp3) is 0.652. The van der Waals surface area contributed by atoms with Gasteiger partial charge in [-0.1, -0.05) is 0 Å². The molecule has 4 atom stereocenters. The first-order valence-corrected chi connectivity index (χ1v) is 14.1. The van der Waals surface area contributed by atoms with Gasteiger partial charge in [-0.15, -0.1) is 0 Å². The number of nitrogens with zero attached hydrogens (tertiary/aromatic N) is 2. The standard InChI is InChI=1S/C23H42N10O5S/c1-39-10-7-16(20(35)32-17(22(37)38)6-2-3-8-24)31-21(36)18(11-14-12-28-13-30-14)33-19(34)15(25)5-4-9-29-23(26)27/h12-13,15-18H,2-11,24-25H2,1H3,(H,28,30)(H,31,36)(H,32,35)(H,33,34)(H,37,38)(H4,26,27,29). The van der Waals surface area contributed by atoms with E-state index in [2.05, 4.69) is 30.9 Å². The van der Waals surface area contributed by atoms with Gasteiger partial charge in [0.1, 0.15) is 18.1 Å². The number of nitrogens with one attached hydrogen (secondary N) is 4. The third kappa shape index (κ3) is 13.8. The number of carboxylic acid groups (broad SMARTS) is 1. The normalized spacial score (nSPS) is 13.9. The number of aliphatic imine (C=N–C) groups is 1. The van der Waals surface area contributed by atoms with Gasteiger partial charge in [-0.2, -0.15) is 11.8 Å². The molecule has 1 heterocycles. The van der Waals surface area contributed by atoms with E-state index in [1.54, 1.807) is 0 Å². The molecule has 0 saturated carbocycles. The smallest absolute Gasteiger partial charge is 0.326 e. The Morgan fingerprint density at radius 2 is 1.67 bits per heavy atom. The minimum absolute atomic E-state index is 0.0605. The van der Waals surface area contributed by atoms with Gasteiger partial charge in [-0.05, 0) is 57.1 Å². The molecule has 0 aliphatic rings. The molecule has 16 heteroatoms. The van der Waals surface area contributed by atoms with E-state index in [1.165, 1.54) is 24.3 Å². The van der Waals surface area contributed by atoms with Crippen LogP contribution in [-0.2, 0) is 25.6 Å². The predicted molar refractivity (Wildman–Crippen MR) is 150 cm³/mol. The van der Waals surface area contributed by atoms with Crippen LogP contribution in [0.3, 0.4) is 0 Å². The lowest BCUT2D eigenvalue weighted by atomic mass is 10.1. The Labute approximate surface area is 232 Å². The summed E-state index contributed by atoms with van der Waals surface area (Å²) in [5.41, 5.74) is 22.6. The molecule has 1 rings (SSSR count). The number of unbranched alkanes of at least 4 members (excludes halogenated alkanes) is 1. The number of carbonyl (C=O) groups excluding carboxylic acids is 3. The van der Waals surface area contributed by atoms with E-state index in [4.69, 9.17) is 22.9 Å². The molecular formula is C23H42N10O5S. The van der Waals surface area contributed by atoms with Crippen LogP contribution in [0.15, 0.2) is 17.5 Å². The highest BCUT2D eigenvalue weighted by molar-refractivity contribution is 7.98. The van der Waals surface area contributed by atoms with Gasteiger partial charge in [-0.3, -0.25) is 19.4 Å². The van der Waals surface area contributed by atoms with E-state index in [1.807, 2.05) is 6.26 Å². The van der Waals surface area contributed by atoms with Gasteiger partial charge in [0.05, 0.1) is 12.4 Å². The van der Waals surface area contributed by atoms with Crippen molar-refractivity contribution < 1.29 is 24.3 Å². The van der Waals surface area contributed by atoms with Crippen LogP contribution in [0, 0.1) is 0 Å². The molecule has 39 heavy (non-hydrogen) atoms. The van der Waals surface area contributed by atoms with Crippen LogP contribution in [-0.4, -0.2) is 94.0 Å². The van der Waals surface area contributed by atoms with Gasteiger partial charge >= 0.3 is 5.97 Å². The van der Waals surface area contributed by atoms with Gasteiger partial charge in [-0.25, -0.2) is 9.78 Å². The zero-order valence-corrected chi connectivity index (χ0v) is 23.0. The highest BCUT2D eigenvalue weighted by atomic mass is 32.2. The zero-order valence-electron chi connectivity index (χ0n) is 22.2. The van der Waals surface area contributed by atoms with Crippen molar-refractivity contribution in [3.8, 4) is 0 Å². The molecule has 0 spiro atoms. The van der Waals surface area contributed by atoms with Crippen molar-refractivity contribution in [2.45, 2.75) is 69.1 Å². The van der Waals surface area contributed by atoms with Crippen molar-refractivity contribution in [2.75, 3.05) is 25.1 Å². The summed E-state index contributed by atoms with van der Waals surface area (Å²) in [6.07, 6.45) is 7.20. The quantitative estimate of drug-likeness (QED) is 0.0459. The number of aromatic amines is 1. The number of aliphatic carboxylic acids is 1. The summed E-state index contributed by atoms with van der Waals surface area (Å²) in [5.74, 6) is -2.51. The minimum atomic E-state index is -1.17. The maximum Gasteiger partial charge on any atom is 0.326 e. The topological polar surface area (TPSA) is 270 Å². The number of thioether (sulfide) groups is 1. The Morgan fingerprint density at radius 1 is 1.00 bits per heavy atom. The van der Waals surface area contributed by atoms with E-state index in [-0.39, 0.29) is 31.6 Å². The Kier molecular flexibility index (Phi) is 16.2. The third-order valence-corrected chi connectivity index (χ3v) is 6.37. The Hall–Kier alpha value is -3.37. The molecule has 0 saturated heterocycles. The minimum Gasteiger partial charge on any atom is -0.480 e. The number of amides is 3. The van der Waals surface area contributed by atoms with Crippen LogP contribution >= 0.6 is 11.8 Å². The second-order valence-corrected chi connectivity index (χ2v) is 9.91. The monoisotopic (exact) mass is 570 g/mol. The summed E-state index contributed by atoms with van der Waals surface area (Å²) in [6, 6.07) is -4.13. The number of hydrogen-bond acceptors (Lipinski definition) is 9.